The van der Waals surface area contributed by atoms with Crippen molar-refractivity contribution >= 4 is 17.7 Å². The second-order valence-electron chi connectivity index (χ2n) is 4.66. The summed E-state index contributed by atoms with van der Waals surface area (Å²) in [7, 11) is 0. The first-order chi connectivity index (χ1) is 11.4. The molecule has 0 aromatic heterocycles. The Hall–Kier alpha value is -2.22. The van der Waals surface area contributed by atoms with Crippen LogP contribution in [0, 0.1) is 11.6 Å². The molecule has 1 N–H and O–H groups in total. The third kappa shape index (κ3) is 5.77. The van der Waals surface area contributed by atoms with Crippen molar-refractivity contribution < 1.29 is 27.1 Å². The molecule has 0 heterocycles. The van der Waals surface area contributed by atoms with Crippen molar-refractivity contribution in [1.29, 1.82) is 0 Å². The van der Waals surface area contributed by atoms with E-state index >= 15 is 0 Å². The van der Waals surface area contributed by atoms with Crippen molar-refractivity contribution in [2.45, 2.75) is 18.1 Å². The van der Waals surface area contributed by atoms with Gasteiger partial charge in [0.2, 0.25) is 5.91 Å². The summed E-state index contributed by atoms with van der Waals surface area (Å²) in [6.07, 6.45) is 0. The Morgan fingerprint density at radius 1 is 1.12 bits per heavy atom. The minimum Gasteiger partial charge on any atom is -0.435 e. The summed E-state index contributed by atoms with van der Waals surface area (Å²) >= 11 is 0.951. The molecule has 0 saturated heterocycles. The molecule has 2 aromatic rings. The van der Waals surface area contributed by atoms with Gasteiger partial charge < -0.3 is 10.1 Å². The van der Waals surface area contributed by atoms with Gasteiger partial charge in [-0.05, 0) is 29.8 Å². The maximum Gasteiger partial charge on any atom is 0.387 e. The predicted molar refractivity (Wildman–Crippen MR) is 82.0 cm³/mol. The van der Waals surface area contributed by atoms with E-state index < -0.39 is 18.2 Å². The fourth-order valence-corrected chi connectivity index (χ4v) is 2.53. The van der Waals surface area contributed by atoms with Crippen LogP contribution in [0.5, 0.6) is 5.75 Å². The highest BCUT2D eigenvalue weighted by molar-refractivity contribution is 8.00. The lowest BCUT2D eigenvalue weighted by Crippen LogP contribution is -2.24. The highest BCUT2D eigenvalue weighted by atomic mass is 32.2. The molecule has 0 aliphatic heterocycles. The molecule has 0 saturated carbocycles. The van der Waals surface area contributed by atoms with Crippen LogP contribution >= 0.6 is 11.8 Å². The molecule has 0 unspecified atom stereocenters. The molecule has 0 spiro atoms. The Kier molecular flexibility index (Phi) is 6.48. The Balaban J connectivity index is 1.78. The van der Waals surface area contributed by atoms with E-state index in [-0.39, 0.29) is 28.8 Å². The molecule has 3 nitrogen and oxygen atoms in total. The van der Waals surface area contributed by atoms with Crippen molar-refractivity contribution in [2.24, 2.45) is 0 Å². The molecule has 24 heavy (non-hydrogen) atoms. The van der Waals surface area contributed by atoms with Crippen LogP contribution in [0.3, 0.4) is 0 Å². The minimum absolute atomic E-state index is 0.0300. The Morgan fingerprint density at radius 3 is 2.46 bits per heavy atom. The van der Waals surface area contributed by atoms with Crippen molar-refractivity contribution in [2.75, 3.05) is 5.75 Å². The van der Waals surface area contributed by atoms with Gasteiger partial charge >= 0.3 is 6.61 Å². The van der Waals surface area contributed by atoms with Gasteiger partial charge in [0, 0.05) is 17.5 Å². The summed E-state index contributed by atoms with van der Waals surface area (Å²) in [6.45, 7) is -2.69. The topological polar surface area (TPSA) is 38.3 Å². The van der Waals surface area contributed by atoms with E-state index in [2.05, 4.69) is 10.1 Å². The number of benzene rings is 2. The van der Waals surface area contributed by atoms with Gasteiger partial charge in [-0.2, -0.15) is 8.78 Å². The Labute approximate surface area is 140 Å². The highest BCUT2D eigenvalue weighted by Crippen LogP contribution is 2.22. The van der Waals surface area contributed by atoms with Crippen LogP contribution < -0.4 is 10.1 Å². The number of hydrogen-bond acceptors (Lipinski definition) is 3. The largest absolute Gasteiger partial charge is 0.435 e. The van der Waals surface area contributed by atoms with E-state index in [9.17, 15) is 22.4 Å². The summed E-state index contributed by atoms with van der Waals surface area (Å²) in [5, 5.41) is 2.62. The molecule has 0 aliphatic carbocycles. The molecule has 2 aromatic carbocycles. The number of hydrogen-bond donors (Lipinski definition) is 1. The SMILES string of the molecule is O=C(CSc1ccc(F)cc1F)NCc1ccc(OC(F)F)cc1. The van der Waals surface area contributed by atoms with Crippen LogP contribution in [0.15, 0.2) is 47.4 Å². The standard InChI is InChI=1S/C16H13F4NO2S/c17-11-3-6-14(13(18)7-11)24-9-15(22)21-8-10-1-4-12(5-2-10)23-16(19)20/h1-7,16H,8-9H2,(H,21,22). The first kappa shape index (κ1) is 18.1. The molecule has 2 rings (SSSR count). The van der Waals surface area contributed by atoms with Gasteiger partial charge in [0.25, 0.3) is 0 Å². The zero-order chi connectivity index (χ0) is 17.5. The zero-order valence-corrected chi connectivity index (χ0v) is 13.1. The molecular weight excluding hydrogens is 346 g/mol. The molecule has 0 radical (unpaired) electrons. The number of halogens is 4. The number of ether oxygens (including phenoxy) is 1. The van der Waals surface area contributed by atoms with Gasteiger partial charge in [0.1, 0.15) is 17.4 Å². The Morgan fingerprint density at radius 2 is 1.83 bits per heavy atom. The van der Waals surface area contributed by atoms with Gasteiger partial charge in [-0.3, -0.25) is 4.79 Å². The van der Waals surface area contributed by atoms with Crippen LogP contribution in [0.4, 0.5) is 17.6 Å². The van der Waals surface area contributed by atoms with Crippen molar-refractivity contribution in [3.05, 3.63) is 59.7 Å². The normalized spacial score (nSPS) is 10.7. The minimum atomic E-state index is -2.89. The van der Waals surface area contributed by atoms with E-state index in [1.165, 1.54) is 18.2 Å². The van der Waals surface area contributed by atoms with Crippen molar-refractivity contribution in [3.8, 4) is 5.75 Å². The average molecular weight is 359 g/mol. The third-order valence-electron chi connectivity index (χ3n) is 2.89. The average Bonchev–Trinajstić information content (AvgIpc) is 2.53. The second-order valence-corrected chi connectivity index (χ2v) is 5.68. The number of alkyl halides is 2. The van der Waals surface area contributed by atoms with Gasteiger partial charge in [0.05, 0.1) is 5.75 Å². The molecule has 0 atom stereocenters. The monoisotopic (exact) mass is 359 g/mol. The zero-order valence-electron chi connectivity index (χ0n) is 12.3. The lowest BCUT2D eigenvalue weighted by molar-refractivity contribution is -0.118. The number of nitrogens with one attached hydrogen (secondary N) is 1. The number of rotatable bonds is 7. The number of carbonyl (C=O) groups is 1. The van der Waals surface area contributed by atoms with Gasteiger partial charge in [-0.25, -0.2) is 8.78 Å². The number of amides is 1. The fourth-order valence-electron chi connectivity index (χ4n) is 1.78. The summed E-state index contributed by atoms with van der Waals surface area (Å²) < 4.78 is 54.5. The smallest absolute Gasteiger partial charge is 0.387 e. The van der Waals surface area contributed by atoms with E-state index in [1.54, 1.807) is 12.1 Å². The molecule has 0 aliphatic rings. The summed E-state index contributed by atoms with van der Waals surface area (Å²) in [6, 6.07) is 8.97. The first-order valence-electron chi connectivity index (χ1n) is 6.82. The van der Waals surface area contributed by atoms with E-state index in [4.69, 9.17) is 0 Å². The summed E-state index contributed by atoms with van der Waals surface area (Å²) in [5.74, 6) is -1.74. The highest BCUT2D eigenvalue weighted by Gasteiger charge is 2.08. The maximum absolute atomic E-state index is 13.4. The quantitative estimate of drug-likeness (QED) is 0.600. The molecule has 0 fully saturated rings. The summed E-state index contributed by atoms with van der Waals surface area (Å²) in [4.78, 5) is 11.9. The van der Waals surface area contributed by atoms with Gasteiger partial charge in [-0.1, -0.05) is 12.1 Å². The van der Waals surface area contributed by atoms with E-state index in [0.717, 1.165) is 23.9 Å². The molecule has 1 amide bonds. The predicted octanol–water partition coefficient (Wildman–Crippen LogP) is 3.97. The number of thioether (sulfide) groups is 1. The molecule has 8 heteroatoms. The summed E-state index contributed by atoms with van der Waals surface area (Å²) in [5.41, 5.74) is 0.697. The van der Waals surface area contributed by atoms with Crippen molar-refractivity contribution in [3.63, 3.8) is 0 Å². The van der Waals surface area contributed by atoms with Gasteiger partial charge in [-0.15, -0.1) is 11.8 Å². The van der Waals surface area contributed by atoms with E-state index in [0.29, 0.717) is 5.56 Å². The first-order valence-corrected chi connectivity index (χ1v) is 7.81. The fraction of sp³-hybridized carbons (Fsp3) is 0.188. The maximum atomic E-state index is 13.4. The van der Waals surface area contributed by atoms with E-state index in [1.807, 2.05) is 0 Å². The van der Waals surface area contributed by atoms with Crippen LogP contribution in [-0.4, -0.2) is 18.3 Å². The second kappa shape index (κ2) is 8.58. The molecule has 0 bridgehead atoms. The molecule has 128 valence electrons. The van der Waals surface area contributed by atoms with Gasteiger partial charge in [0.15, 0.2) is 0 Å². The lowest BCUT2D eigenvalue weighted by Gasteiger charge is -2.08. The Bertz CT molecular complexity index is 695. The number of carbonyl (C=O) groups excluding carboxylic acids is 1. The molecular formula is C16H13F4NO2S. The van der Waals surface area contributed by atoms with Crippen LogP contribution in [0.2, 0.25) is 0 Å². The lowest BCUT2D eigenvalue weighted by atomic mass is 10.2. The van der Waals surface area contributed by atoms with Crippen molar-refractivity contribution in [1.82, 2.24) is 5.32 Å². The van der Waals surface area contributed by atoms with Crippen LogP contribution in [0.1, 0.15) is 5.56 Å². The van der Waals surface area contributed by atoms with Crippen LogP contribution in [-0.2, 0) is 11.3 Å². The third-order valence-corrected chi connectivity index (χ3v) is 3.94. The van der Waals surface area contributed by atoms with Crippen LogP contribution in [0.25, 0.3) is 0 Å².